The van der Waals surface area contributed by atoms with Crippen molar-refractivity contribution < 1.29 is 13.2 Å². The molecule has 1 fully saturated rings. The Hall–Kier alpha value is -2.22. The molecule has 0 atom stereocenters. The summed E-state index contributed by atoms with van der Waals surface area (Å²) in [5.74, 6) is -0.442. The fourth-order valence-electron chi connectivity index (χ4n) is 3.52. The van der Waals surface area contributed by atoms with Crippen molar-refractivity contribution in [1.82, 2.24) is 9.73 Å². The SMILES string of the molecule is O=C(CN(CCc1ccccc1)S(=O)(=O)c1ccc(Cl)cc1)NN=C1CCCCCC1. The van der Waals surface area contributed by atoms with Crippen LogP contribution in [0.1, 0.15) is 44.1 Å². The quantitative estimate of drug-likeness (QED) is 0.467. The van der Waals surface area contributed by atoms with E-state index in [0.717, 1.165) is 37.0 Å². The van der Waals surface area contributed by atoms with Gasteiger partial charge in [-0.1, -0.05) is 54.8 Å². The van der Waals surface area contributed by atoms with Gasteiger partial charge in [0, 0.05) is 17.3 Å². The van der Waals surface area contributed by atoms with Crippen molar-refractivity contribution in [2.45, 2.75) is 49.8 Å². The maximum atomic E-state index is 13.2. The smallest absolute Gasteiger partial charge is 0.255 e. The molecule has 1 aliphatic carbocycles. The first-order valence-electron chi connectivity index (χ1n) is 10.6. The number of hydrazone groups is 1. The van der Waals surface area contributed by atoms with E-state index in [-0.39, 0.29) is 18.0 Å². The Balaban J connectivity index is 1.73. The molecule has 0 unspecified atom stereocenters. The molecule has 0 aromatic heterocycles. The Morgan fingerprint density at radius 1 is 0.968 bits per heavy atom. The molecule has 1 amide bonds. The number of halogens is 1. The third-order valence-electron chi connectivity index (χ3n) is 5.28. The molecule has 0 spiro atoms. The Morgan fingerprint density at radius 2 is 1.61 bits per heavy atom. The largest absolute Gasteiger partial charge is 0.272 e. The number of rotatable bonds is 8. The molecule has 1 saturated carbocycles. The highest BCUT2D eigenvalue weighted by molar-refractivity contribution is 7.89. The fourth-order valence-corrected chi connectivity index (χ4v) is 5.05. The van der Waals surface area contributed by atoms with Crippen molar-refractivity contribution in [2.24, 2.45) is 5.10 Å². The number of amides is 1. The molecular weight excluding hydrogens is 434 g/mol. The van der Waals surface area contributed by atoms with Gasteiger partial charge in [0.2, 0.25) is 10.0 Å². The topological polar surface area (TPSA) is 78.8 Å². The predicted molar refractivity (Wildman–Crippen MR) is 124 cm³/mol. The molecule has 8 heteroatoms. The maximum absolute atomic E-state index is 13.2. The monoisotopic (exact) mass is 461 g/mol. The summed E-state index contributed by atoms with van der Waals surface area (Å²) in [6.07, 6.45) is 6.75. The molecule has 1 aliphatic rings. The fraction of sp³-hybridized carbons (Fsp3) is 0.391. The minimum absolute atomic E-state index is 0.104. The van der Waals surface area contributed by atoms with Gasteiger partial charge in [0.05, 0.1) is 11.4 Å². The molecule has 0 heterocycles. The molecule has 1 N–H and O–H groups in total. The molecule has 0 aliphatic heterocycles. The number of carbonyl (C=O) groups is 1. The molecule has 31 heavy (non-hydrogen) atoms. The van der Waals surface area contributed by atoms with Crippen LogP contribution >= 0.6 is 11.6 Å². The van der Waals surface area contributed by atoms with E-state index in [0.29, 0.717) is 11.4 Å². The Labute approximate surface area is 189 Å². The number of carbonyl (C=O) groups excluding carboxylic acids is 1. The van der Waals surface area contributed by atoms with Crippen molar-refractivity contribution in [1.29, 1.82) is 0 Å². The first kappa shape index (κ1) is 23.4. The molecule has 166 valence electrons. The van der Waals surface area contributed by atoms with Crippen LogP contribution in [0.3, 0.4) is 0 Å². The van der Waals surface area contributed by atoms with Gasteiger partial charge < -0.3 is 0 Å². The van der Waals surface area contributed by atoms with Crippen molar-refractivity contribution >= 4 is 33.2 Å². The molecule has 0 saturated heterocycles. The average molecular weight is 462 g/mol. The lowest BCUT2D eigenvalue weighted by Gasteiger charge is -2.21. The summed E-state index contributed by atoms with van der Waals surface area (Å²) >= 11 is 5.91. The van der Waals surface area contributed by atoms with Crippen LogP contribution in [0, 0.1) is 0 Å². The Bertz CT molecular complexity index is 982. The van der Waals surface area contributed by atoms with Crippen LogP contribution in [-0.4, -0.2) is 37.4 Å². The van der Waals surface area contributed by atoms with Crippen molar-refractivity contribution in [3.63, 3.8) is 0 Å². The van der Waals surface area contributed by atoms with Crippen LogP contribution in [-0.2, 0) is 21.2 Å². The number of sulfonamides is 1. The lowest BCUT2D eigenvalue weighted by atomic mass is 10.1. The van der Waals surface area contributed by atoms with Crippen LogP contribution in [0.5, 0.6) is 0 Å². The minimum Gasteiger partial charge on any atom is -0.272 e. The summed E-state index contributed by atoms with van der Waals surface area (Å²) in [6, 6.07) is 15.6. The van der Waals surface area contributed by atoms with Crippen LogP contribution < -0.4 is 5.43 Å². The second-order valence-corrected chi connectivity index (χ2v) is 10.0. The zero-order valence-corrected chi connectivity index (χ0v) is 19.0. The molecule has 6 nitrogen and oxygen atoms in total. The molecule has 2 aromatic rings. The standard InChI is InChI=1S/C23H28ClN3O3S/c24-20-12-14-22(15-13-20)31(29,30)27(17-16-19-8-4-3-5-9-19)18-23(28)26-25-21-10-6-1-2-7-11-21/h3-5,8-9,12-15H,1-2,6-7,10-11,16-18H2,(H,26,28). The van der Waals surface area contributed by atoms with E-state index in [1.54, 1.807) is 0 Å². The van der Waals surface area contributed by atoms with E-state index in [1.807, 2.05) is 30.3 Å². The molecular formula is C23H28ClN3O3S. The van der Waals surface area contributed by atoms with E-state index in [4.69, 9.17) is 11.6 Å². The summed E-state index contributed by atoms with van der Waals surface area (Å²) in [4.78, 5) is 12.7. The van der Waals surface area contributed by atoms with Gasteiger partial charge in [0.15, 0.2) is 0 Å². The van der Waals surface area contributed by atoms with Gasteiger partial charge in [-0.2, -0.15) is 9.41 Å². The second-order valence-electron chi connectivity index (χ2n) is 7.66. The Morgan fingerprint density at radius 3 is 2.26 bits per heavy atom. The average Bonchev–Trinajstić information content (AvgIpc) is 3.05. The molecule has 0 bridgehead atoms. The van der Waals surface area contributed by atoms with Gasteiger partial charge in [-0.3, -0.25) is 4.79 Å². The van der Waals surface area contributed by atoms with Gasteiger partial charge in [-0.15, -0.1) is 0 Å². The number of benzene rings is 2. The van der Waals surface area contributed by atoms with Crippen LogP contribution in [0.4, 0.5) is 0 Å². The van der Waals surface area contributed by atoms with E-state index in [2.05, 4.69) is 10.5 Å². The summed E-state index contributed by atoms with van der Waals surface area (Å²) in [5, 5.41) is 4.71. The highest BCUT2D eigenvalue weighted by atomic mass is 35.5. The molecule has 0 radical (unpaired) electrons. The van der Waals surface area contributed by atoms with E-state index in [1.165, 1.54) is 41.4 Å². The number of nitrogens with zero attached hydrogens (tertiary/aromatic N) is 2. The van der Waals surface area contributed by atoms with Crippen molar-refractivity contribution in [2.75, 3.05) is 13.1 Å². The summed E-state index contributed by atoms with van der Waals surface area (Å²) in [7, 11) is -3.87. The lowest BCUT2D eigenvalue weighted by molar-refractivity contribution is -0.121. The zero-order chi connectivity index (χ0) is 22.1. The van der Waals surface area contributed by atoms with Gasteiger partial charge in [0.25, 0.3) is 5.91 Å². The molecule has 2 aromatic carbocycles. The van der Waals surface area contributed by atoms with Crippen LogP contribution in [0.2, 0.25) is 5.02 Å². The van der Waals surface area contributed by atoms with Crippen molar-refractivity contribution in [3.05, 3.63) is 65.2 Å². The van der Waals surface area contributed by atoms with Gasteiger partial charge in [-0.25, -0.2) is 13.8 Å². The number of hydrogen-bond acceptors (Lipinski definition) is 4. The normalized spacial score (nSPS) is 14.8. The highest BCUT2D eigenvalue weighted by Crippen LogP contribution is 2.19. The summed E-state index contributed by atoms with van der Waals surface area (Å²) in [6.45, 7) is -0.118. The number of nitrogens with one attached hydrogen (secondary N) is 1. The first-order valence-corrected chi connectivity index (χ1v) is 12.4. The highest BCUT2D eigenvalue weighted by Gasteiger charge is 2.26. The van der Waals surface area contributed by atoms with Gasteiger partial charge in [0.1, 0.15) is 0 Å². The maximum Gasteiger partial charge on any atom is 0.255 e. The second kappa shape index (κ2) is 11.4. The van der Waals surface area contributed by atoms with E-state index in [9.17, 15) is 13.2 Å². The van der Waals surface area contributed by atoms with Crippen LogP contribution in [0.25, 0.3) is 0 Å². The summed E-state index contributed by atoms with van der Waals surface area (Å²) < 4.78 is 27.6. The first-order chi connectivity index (χ1) is 14.9. The van der Waals surface area contributed by atoms with Crippen LogP contribution in [0.15, 0.2) is 64.6 Å². The minimum atomic E-state index is -3.87. The molecule has 3 rings (SSSR count). The lowest BCUT2D eigenvalue weighted by Crippen LogP contribution is -2.40. The predicted octanol–water partition coefficient (Wildman–Crippen LogP) is 4.40. The van der Waals surface area contributed by atoms with E-state index < -0.39 is 15.9 Å². The number of hydrogen-bond donors (Lipinski definition) is 1. The third kappa shape index (κ3) is 7.16. The third-order valence-corrected chi connectivity index (χ3v) is 7.39. The Kier molecular flexibility index (Phi) is 8.63. The summed E-state index contributed by atoms with van der Waals surface area (Å²) in [5.41, 5.74) is 4.54. The zero-order valence-electron chi connectivity index (χ0n) is 17.5. The van der Waals surface area contributed by atoms with Crippen molar-refractivity contribution in [3.8, 4) is 0 Å². The van der Waals surface area contributed by atoms with Gasteiger partial charge in [-0.05, 0) is 61.9 Å². The van der Waals surface area contributed by atoms with Gasteiger partial charge >= 0.3 is 0 Å². The van der Waals surface area contributed by atoms with E-state index >= 15 is 0 Å².